The van der Waals surface area contributed by atoms with E-state index in [9.17, 15) is 35.1 Å². The lowest BCUT2D eigenvalue weighted by Gasteiger charge is -2.40. The molecule has 378 valence electrons. The molecule has 0 aliphatic carbocycles. The first-order valence-electron chi connectivity index (χ1n) is 27.0. The van der Waals surface area contributed by atoms with Crippen molar-refractivity contribution in [3.05, 3.63) is 12.2 Å². The van der Waals surface area contributed by atoms with Gasteiger partial charge in [0, 0.05) is 12.8 Å². The zero-order chi connectivity index (χ0) is 46.7. The number of ether oxygens (including phenoxy) is 3. The number of hydrogen-bond donors (Lipinski definition) is 6. The maximum atomic E-state index is 13.0. The molecule has 7 atom stereocenters. The minimum atomic E-state index is -1.57. The summed E-state index contributed by atoms with van der Waals surface area (Å²) < 4.78 is 16.6. The summed E-state index contributed by atoms with van der Waals surface area (Å²) in [6.45, 7) is 4.28. The average molecular weight is 912 g/mol. The van der Waals surface area contributed by atoms with Gasteiger partial charge in [0.1, 0.15) is 24.4 Å². The SMILES string of the molecule is CCCCCCCCC/C=C/C(O)C(COC1OC(CO)C(O)C(O)C1O)NC(=O)CCCCCCCCCCCCCCCCOC(=O)CCCCCCCCCCCCCCC. The standard InChI is InChI=1S/C53H101NO10/c1-3-5-7-9-11-13-14-17-21-25-29-33-37-41-49(58)62-42-38-34-30-26-22-19-16-15-18-20-24-28-32-36-40-48(57)54-45(46(56)39-35-31-27-23-12-10-8-6-4-2)44-63-53-52(61)51(60)50(59)47(43-55)64-53/h35,39,45-47,50-53,55-56,59-61H,3-34,36-38,40-44H2,1-2H3,(H,54,57)/b39-35+. The van der Waals surface area contributed by atoms with E-state index in [0.29, 0.717) is 19.4 Å². The van der Waals surface area contributed by atoms with Crippen LogP contribution in [0.15, 0.2) is 12.2 Å². The van der Waals surface area contributed by atoms with Crippen molar-refractivity contribution in [2.75, 3.05) is 19.8 Å². The Kier molecular flexibility index (Phi) is 41.5. The van der Waals surface area contributed by atoms with Gasteiger partial charge in [-0.25, -0.2) is 0 Å². The van der Waals surface area contributed by atoms with Gasteiger partial charge in [0.15, 0.2) is 6.29 Å². The molecule has 0 bridgehead atoms. The summed E-state index contributed by atoms with van der Waals surface area (Å²) in [5, 5.41) is 54.1. The normalized spacial score (nSPS) is 19.9. The van der Waals surface area contributed by atoms with Crippen molar-refractivity contribution in [1.29, 1.82) is 0 Å². The predicted molar refractivity (Wildman–Crippen MR) is 260 cm³/mol. The molecule has 1 aliphatic rings. The molecule has 64 heavy (non-hydrogen) atoms. The maximum Gasteiger partial charge on any atom is 0.305 e. The van der Waals surface area contributed by atoms with Gasteiger partial charge in [-0.05, 0) is 32.1 Å². The van der Waals surface area contributed by atoms with Gasteiger partial charge in [-0.2, -0.15) is 0 Å². The number of carbonyl (C=O) groups excluding carboxylic acids is 2. The molecule has 1 heterocycles. The Balaban J connectivity index is 2.09. The Morgan fingerprint density at radius 2 is 0.984 bits per heavy atom. The average Bonchev–Trinajstić information content (AvgIpc) is 3.29. The van der Waals surface area contributed by atoms with Crippen LogP contribution in [0.1, 0.15) is 251 Å². The van der Waals surface area contributed by atoms with Gasteiger partial charge < -0.3 is 45.1 Å². The highest BCUT2D eigenvalue weighted by molar-refractivity contribution is 5.76. The summed E-state index contributed by atoms with van der Waals surface area (Å²) in [6, 6.07) is -0.815. The molecule has 0 aromatic rings. The smallest absolute Gasteiger partial charge is 0.305 e. The molecule has 1 rings (SSSR count). The first-order chi connectivity index (χ1) is 31.2. The third-order valence-corrected chi connectivity index (χ3v) is 12.9. The quantitative estimate of drug-likeness (QED) is 0.0196. The maximum absolute atomic E-state index is 13.0. The van der Waals surface area contributed by atoms with E-state index >= 15 is 0 Å². The van der Waals surface area contributed by atoms with Crippen LogP contribution in [0.5, 0.6) is 0 Å². The van der Waals surface area contributed by atoms with Crippen LogP contribution in [0, 0.1) is 0 Å². The van der Waals surface area contributed by atoms with Gasteiger partial charge in [-0.1, -0.05) is 219 Å². The molecule has 0 spiro atoms. The second kappa shape index (κ2) is 43.9. The van der Waals surface area contributed by atoms with Crippen molar-refractivity contribution < 1.29 is 49.3 Å². The van der Waals surface area contributed by atoms with Gasteiger partial charge in [0.2, 0.25) is 5.91 Å². The van der Waals surface area contributed by atoms with Crippen LogP contribution < -0.4 is 5.32 Å². The molecular weight excluding hydrogens is 811 g/mol. The summed E-state index contributed by atoms with van der Waals surface area (Å²) in [7, 11) is 0. The molecule has 0 aromatic heterocycles. The van der Waals surface area contributed by atoms with Crippen LogP contribution in [0.3, 0.4) is 0 Å². The fourth-order valence-electron chi connectivity index (χ4n) is 8.55. The number of unbranched alkanes of at least 4 members (excludes halogenated alkanes) is 32. The number of aliphatic hydroxyl groups excluding tert-OH is 5. The van der Waals surface area contributed by atoms with Gasteiger partial charge in [0.25, 0.3) is 0 Å². The zero-order valence-electron chi connectivity index (χ0n) is 41.3. The number of amides is 1. The summed E-state index contributed by atoms with van der Waals surface area (Å²) in [6.07, 6.45) is 38.7. The highest BCUT2D eigenvalue weighted by atomic mass is 16.7. The highest BCUT2D eigenvalue weighted by Gasteiger charge is 2.44. The highest BCUT2D eigenvalue weighted by Crippen LogP contribution is 2.23. The number of rotatable bonds is 46. The van der Waals surface area contributed by atoms with Gasteiger partial charge in [-0.3, -0.25) is 9.59 Å². The van der Waals surface area contributed by atoms with Gasteiger partial charge in [0.05, 0.1) is 32.0 Å². The molecule has 6 N–H and O–H groups in total. The lowest BCUT2D eigenvalue weighted by atomic mass is 9.99. The molecule has 0 aromatic carbocycles. The fraction of sp³-hybridized carbons (Fsp3) is 0.925. The summed E-state index contributed by atoms with van der Waals surface area (Å²) in [4.78, 5) is 25.0. The monoisotopic (exact) mass is 912 g/mol. The van der Waals surface area contributed by atoms with E-state index in [1.807, 2.05) is 6.08 Å². The van der Waals surface area contributed by atoms with Crippen LogP contribution in [0.25, 0.3) is 0 Å². The largest absolute Gasteiger partial charge is 0.466 e. The Morgan fingerprint density at radius 3 is 1.45 bits per heavy atom. The first-order valence-corrected chi connectivity index (χ1v) is 27.0. The second-order valence-corrected chi connectivity index (χ2v) is 18.9. The summed E-state index contributed by atoms with van der Waals surface area (Å²) >= 11 is 0. The Hall–Kier alpha value is -1.60. The molecule has 1 aliphatic heterocycles. The molecule has 0 radical (unpaired) electrons. The van der Waals surface area contributed by atoms with E-state index < -0.39 is 49.5 Å². The van der Waals surface area contributed by atoms with Crippen LogP contribution in [-0.4, -0.2) is 100 Å². The molecule has 11 heteroatoms. The van der Waals surface area contributed by atoms with E-state index in [-0.39, 0.29) is 18.5 Å². The summed E-state index contributed by atoms with van der Waals surface area (Å²) in [5.41, 5.74) is 0. The van der Waals surface area contributed by atoms with Crippen molar-refractivity contribution in [3.8, 4) is 0 Å². The molecule has 7 unspecified atom stereocenters. The third-order valence-electron chi connectivity index (χ3n) is 12.9. The van der Waals surface area contributed by atoms with E-state index in [1.165, 1.54) is 154 Å². The second-order valence-electron chi connectivity index (χ2n) is 18.9. The van der Waals surface area contributed by atoms with Crippen molar-refractivity contribution in [2.45, 2.75) is 294 Å². The minimum Gasteiger partial charge on any atom is -0.466 e. The zero-order valence-corrected chi connectivity index (χ0v) is 41.3. The number of allylic oxidation sites excluding steroid dienone is 1. The summed E-state index contributed by atoms with van der Waals surface area (Å²) in [5.74, 6) is -0.215. The number of esters is 1. The molecule has 1 fully saturated rings. The minimum absolute atomic E-state index is 0.0214. The third kappa shape index (κ3) is 33.8. The number of carbonyl (C=O) groups is 2. The van der Waals surface area contributed by atoms with Crippen molar-refractivity contribution in [1.82, 2.24) is 5.32 Å². The van der Waals surface area contributed by atoms with E-state index in [0.717, 1.165) is 70.6 Å². The van der Waals surface area contributed by atoms with E-state index in [1.54, 1.807) is 6.08 Å². The molecule has 0 saturated carbocycles. The van der Waals surface area contributed by atoms with E-state index in [2.05, 4.69) is 19.2 Å². The van der Waals surface area contributed by atoms with Crippen molar-refractivity contribution in [2.24, 2.45) is 0 Å². The topological polar surface area (TPSA) is 175 Å². The van der Waals surface area contributed by atoms with Crippen LogP contribution in [0.2, 0.25) is 0 Å². The Morgan fingerprint density at radius 1 is 0.562 bits per heavy atom. The van der Waals surface area contributed by atoms with Gasteiger partial charge >= 0.3 is 5.97 Å². The molecule has 1 amide bonds. The molecular formula is C53H101NO10. The van der Waals surface area contributed by atoms with E-state index in [4.69, 9.17) is 14.2 Å². The van der Waals surface area contributed by atoms with Crippen molar-refractivity contribution >= 4 is 11.9 Å². The van der Waals surface area contributed by atoms with Crippen molar-refractivity contribution in [3.63, 3.8) is 0 Å². The van der Waals surface area contributed by atoms with Gasteiger partial charge in [-0.15, -0.1) is 0 Å². The predicted octanol–water partition coefficient (Wildman–Crippen LogP) is 11.2. The lowest BCUT2D eigenvalue weighted by Crippen LogP contribution is -2.60. The number of aliphatic hydroxyl groups is 5. The number of nitrogens with one attached hydrogen (secondary N) is 1. The first kappa shape index (κ1) is 60.4. The number of hydrogen-bond acceptors (Lipinski definition) is 10. The van der Waals surface area contributed by atoms with Crippen LogP contribution in [0.4, 0.5) is 0 Å². The Labute approximate surface area is 391 Å². The Bertz CT molecular complexity index is 1080. The van der Waals surface area contributed by atoms with Crippen LogP contribution in [-0.2, 0) is 23.8 Å². The fourth-order valence-corrected chi connectivity index (χ4v) is 8.55. The lowest BCUT2D eigenvalue weighted by molar-refractivity contribution is -0.302. The van der Waals surface area contributed by atoms with Crippen LogP contribution >= 0.6 is 0 Å². The molecule has 11 nitrogen and oxygen atoms in total. The molecule has 1 saturated heterocycles.